The fourth-order valence-corrected chi connectivity index (χ4v) is 8.27. The van der Waals surface area contributed by atoms with Gasteiger partial charge in [-0.25, -0.2) is 8.42 Å². The van der Waals surface area contributed by atoms with Gasteiger partial charge >= 0.3 is 0 Å². The molecule has 2 fully saturated rings. The van der Waals surface area contributed by atoms with E-state index >= 15 is 0 Å². The predicted octanol–water partition coefficient (Wildman–Crippen LogP) is 6.03. The van der Waals surface area contributed by atoms with Gasteiger partial charge in [0.05, 0.1) is 15.8 Å². The second-order valence-electron chi connectivity index (χ2n) is 9.77. The highest BCUT2D eigenvalue weighted by Crippen LogP contribution is 2.76. The summed E-state index contributed by atoms with van der Waals surface area (Å²) in [5.41, 5.74) is 5.85. The minimum absolute atomic E-state index is 0.0442. The normalized spacial score (nSPS) is 25.7. The molecule has 1 atom stereocenters. The Morgan fingerprint density at radius 2 is 1.83 bits per heavy atom. The van der Waals surface area contributed by atoms with E-state index < -0.39 is 10.0 Å². The second-order valence-corrected chi connectivity index (χ2v) is 12.6. The number of hydrogen-bond acceptors (Lipinski definition) is 2. The average molecular weight is 462 g/mol. The molecule has 2 aromatic carbocycles. The second kappa shape index (κ2) is 6.48. The number of fused-ring (bicyclic) bond motifs is 2. The Kier molecular flexibility index (Phi) is 4.23. The van der Waals surface area contributed by atoms with Crippen molar-refractivity contribution < 1.29 is 8.42 Å². The zero-order valence-electron chi connectivity index (χ0n) is 16.8. The molecule has 0 radical (unpaired) electrons. The van der Waals surface area contributed by atoms with Gasteiger partial charge in [-0.15, -0.1) is 0 Å². The lowest BCUT2D eigenvalue weighted by Gasteiger charge is -2.40. The molecule has 158 valence electrons. The van der Waals surface area contributed by atoms with Gasteiger partial charge in [-0.3, -0.25) is 0 Å². The van der Waals surface area contributed by atoms with E-state index in [1.807, 2.05) is 0 Å². The molecule has 2 spiro atoms. The smallest absolute Gasteiger partial charge is 0.212 e. The van der Waals surface area contributed by atoms with Crippen LogP contribution in [0.25, 0.3) is 0 Å². The van der Waals surface area contributed by atoms with Crippen LogP contribution in [0.15, 0.2) is 36.4 Å². The van der Waals surface area contributed by atoms with Gasteiger partial charge in [0.25, 0.3) is 0 Å². The van der Waals surface area contributed by atoms with Gasteiger partial charge in [-0.2, -0.15) is 4.31 Å². The molecule has 1 unspecified atom stereocenters. The summed E-state index contributed by atoms with van der Waals surface area (Å²) in [6, 6.07) is 11.7. The number of benzene rings is 2. The summed E-state index contributed by atoms with van der Waals surface area (Å²) in [4.78, 5) is 0. The minimum Gasteiger partial charge on any atom is -0.212 e. The molecule has 0 bridgehead atoms. The van der Waals surface area contributed by atoms with Crippen LogP contribution < -0.4 is 0 Å². The van der Waals surface area contributed by atoms with Crippen molar-refractivity contribution in [1.82, 2.24) is 4.31 Å². The fourth-order valence-electron chi connectivity index (χ4n) is 6.45. The van der Waals surface area contributed by atoms with Gasteiger partial charge in [0.1, 0.15) is 0 Å². The van der Waals surface area contributed by atoms with E-state index in [0.29, 0.717) is 45.4 Å². The first-order chi connectivity index (χ1) is 14.3. The molecule has 1 aliphatic heterocycles. The molecule has 6 heteroatoms. The molecule has 6 rings (SSSR count). The zero-order valence-corrected chi connectivity index (χ0v) is 19.2. The van der Waals surface area contributed by atoms with Crippen molar-refractivity contribution in [2.45, 2.75) is 62.2 Å². The molecule has 0 saturated heterocycles. The van der Waals surface area contributed by atoms with E-state index in [4.69, 9.17) is 23.2 Å². The quantitative estimate of drug-likeness (QED) is 0.559. The highest BCUT2D eigenvalue weighted by atomic mass is 35.5. The summed E-state index contributed by atoms with van der Waals surface area (Å²) in [5, 5.41) is 0.837. The third kappa shape index (κ3) is 2.83. The number of sulfonamides is 1. The van der Waals surface area contributed by atoms with Crippen molar-refractivity contribution in [3.8, 4) is 0 Å². The molecular formula is C24H25Cl2NO2S. The summed E-state index contributed by atoms with van der Waals surface area (Å²) in [6.07, 6.45) is 7.50. The lowest BCUT2D eigenvalue weighted by Crippen LogP contribution is -2.32. The monoisotopic (exact) mass is 461 g/mol. The van der Waals surface area contributed by atoms with Crippen molar-refractivity contribution in [1.29, 1.82) is 0 Å². The lowest BCUT2D eigenvalue weighted by atomic mass is 9.64. The number of nitrogens with zero attached hydrogens (tertiary/aromatic N) is 1. The average Bonchev–Trinajstić information content (AvgIpc) is 3.59. The maximum Gasteiger partial charge on any atom is 0.218 e. The van der Waals surface area contributed by atoms with E-state index in [0.717, 1.165) is 6.42 Å². The number of halogens is 2. The van der Waals surface area contributed by atoms with E-state index in [-0.39, 0.29) is 5.75 Å². The highest BCUT2D eigenvalue weighted by Gasteiger charge is 2.68. The van der Waals surface area contributed by atoms with Crippen molar-refractivity contribution >= 4 is 33.2 Å². The molecule has 2 saturated carbocycles. The third-order valence-electron chi connectivity index (χ3n) is 8.18. The van der Waals surface area contributed by atoms with Crippen LogP contribution in [0.3, 0.4) is 0 Å². The maximum absolute atomic E-state index is 13.3. The van der Waals surface area contributed by atoms with Crippen molar-refractivity contribution in [3.05, 3.63) is 68.7 Å². The SMILES string of the molecule is O=S(=O)(Cc1ccc(Cl)c(Cl)c1)N1CCC2CC3(CC3)C3(CC3)c3cccc(c32)C1. The minimum atomic E-state index is -3.45. The zero-order chi connectivity index (χ0) is 20.7. The standard InChI is InChI=1S/C24H25Cl2NO2S/c25-20-5-4-16(12-21(20)26)15-30(28,29)27-11-6-17-13-23(7-8-23)24(9-10-24)19-3-1-2-18(14-27)22(17)19/h1-5,12,17H,6-11,13-15H2. The molecule has 0 N–H and O–H groups in total. The molecule has 30 heavy (non-hydrogen) atoms. The van der Waals surface area contributed by atoms with Crippen LogP contribution in [0, 0.1) is 5.41 Å². The Bertz CT molecular complexity index is 1150. The molecule has 3 nitrogen and oxygen atoms in total. The molecule has 0 aromatic heterocycles. The van der Waals surface area contributed by atoms with Gasteiger partial charge in [-0.05, 0) is 84.2 Å². The summed E-state index contributed by atoms with van der Waals surface area (Å²) in [5.74, 6) is 0.451. The summed E-state index contributed by atoms with van der Waals surface area (Å²) in [6.45, 7) is 1.07. The van der Waals surface area contributed by atoms with E-state index in [1.165, 1.54) is 43.2 Å². The largest absolute Gasteiger partial charge is 0.218 e. The van der Waals surface area contributed by atoms with Gasteiger partial charge in [-0.1, -0.05) is 47.5 Å². The molecule has 0 amide bonds. The van der Waals surface area contributed by atoms with Crippen LogP contribution in [0.5, 0.6) is 0 Å². The predicted molar refractivity (Wildman–Crippen MR) is 120 cm³/mol. The van der Waals surface area contributed by atoms with E-state index in [2.05, 4.69) is 18.2 Å². The first-order valence-electron chi connectivity index (χ1n) is 10.9. The maximum atomic E-state index is 13.3. The van der Waals surface area contributed by atoms with Gasteiger partial charge in [0.2, 0.25) is 10.0 Å². The van der Waals surface area contributed by atoms with Crippen LogP contribution in [-0.2, 0) is 27.7 Å². The van der Waals surface area contributed by atoms with E-state index in [1.54, 1.807) is 28.1 Å². The summed E-state index contributed by atoms with van der Waals surface area (Å²) >= 11 is 12.1. The summed E-state index contributed by atoms with van der Waals surface area (Å²) in [7, 11) is -3.45. The van der Waals surface area contributed by atoms with Crippen LogP contribution in [-0.4, -0.2) is 19.3 Å². The number of rotatable bonds is 3. The molecule has 4 aliphatic rings. The molecule has 3 aliphatic carbocycles. The van der Waals surface area contributed by atoms with Gasteiger partial charge in [0.15, 0.2) is 0 Å². The van der Waals surface area contributed by atoms with Crippen LogP contribution in [0.4, 0.5) is 0 Å². The Labute approximate surface area is 188 Å². The lowest BCUT2D eigenvalue weighted by molar-refractivity contribution is 0.281. The van der Waals surface area contributed by atoms with Gasteiger partial charge < -0.3 is 0 Å². The Balaban J connectivity index is 1.34. The molecule has 2 aromatic rings. The Morgan fingerprint density at radius 3 is 2.53 bits per heavy atom. The van der Waals surface area contributed by atoms with E-state index in [9.17, 15) is 8.42 Å². The third-order valence-corrected chi connectivity index (χ3v) is 10.7. The highest BCUT2D eigenvalue weighted by molar-refractivity contribution is 7.88. The van der Waals surface area contributed by atoms with Crippen molar-refractivity contribution in [2.24, 2.45) is 5.41 Å². The Hall–Kier alpha value is -1.07. The van der Waals surface area contributed by atoms with Crippen molar-refractivity contribution in [2.75, 3.05) is 6.54 Å². The Morgan fingerprint density at radius 1 is 1.03 bits per heavy atom. The van der Waals surface area contributed by atoms with Crippen LogP contribution in [0.1, 0.15) is 66.7 Å². The van der Waals surface area contributed by atoms with Gasteiger partial charge in [0, 0.05) is 18.5 Å². The molecular weight excluding hydrogens is 437 g/mol. The fraction of sp³-hybridized carbons (Fsp3) is 0.500. The van der Waals surface area contributed by atoms with Crippen LogP contribution in [0.2, 0.25) is 10.0 Å². The number of hydrogen-bond donors (Lipinski definition) is 0. The first-order valence-corrected chi connectivity index (χ1v) is 13.2. The van der Waals surface area contributed by atoms with Crippen molar-refractivity contribution in [3.63, 3.8) is 0 Å². The first kappa shape index (κ1) is 19.6. The molecule has 1 heterocycles. The topological polar surface area (TPSA) is 37.4 Å². The summed E-state index contributed by atoms with van der Waals surface area (Å²) < 4.78 is 28.4. The van der Waals surface area contributed by atoms with Crippen LogP contribution >= 0.6 is 23.2 Å².